The van der Waals surface area contributed by atoms with Crippen molar-refractivity contribution in [3.63, 3.8) is 0 Å². The second kappa shape index (κ2) is 7.07. The fraction of sp³-hybridized carbons (Fsp3) is 0.412. The van der Waals surface area contributed by atoms with Gasteiger partial charge in [-0.1, -0.05) is 26.8 Å². The molecule has 2 N–H and O–H groups in total. The maximum atomic E-state index is 12.1. The van der Waals surface area contributed by atoms with Crippen LogP contribution in [-0.2, 0) is 4.79 Å². The highest BCUT2D eigenvalue weighted by molar-refractivity contribution is 5.95. The molecule has 0 atom stereocenters. The second-order valence-corrected chi connectivity index (χ2v) is 5.94. The van der Waals surface area contributed by atoms with Crippen LogP contribution in [0.1, 0.15) is 48.7 Å². The Balaban J connectivity index is 2.79. The molecule has 0 fully saturated rings. The summed E-state index contributed by atoms with van der Waals surface area (Å²) in [5, 5.41) is 11.6. The van der Waals surface area contributed by atoms with Crippen molar-refractivity contribution < 1.29 is 14.7 Å². The number of carbonyl (C=O) groups excluding carboxylic acids is 1. The van der Waals surface area contributed by atoms with Gasteiger partial charge in [-0.2, -0.15) is 0 Å². The highest BCUT2D eigenvalue weighted by atomic mass is 16.4. The van der Waals surface area contributed by atoms with E-state index in [2.05, 4.69) is 26.1 Å². The van der Waals surface area contributed by atoms with E-state index in [1.165, 1.54) is 6.08 Å². The molecule has 1 amide bonds. The maximum Gasteiger partial charge on any atom is 0.328 e. The third kappa shape index (κ3) is 5.42. The minimum Gasteiger partial charge on any atom is -0.478 e. The van der Waals surface area contributed by atoms with Gasteiger partial charge in [0, 0.05) is 18.2 Å². The predicted molar refractivity (Wildman–Crippen MR) is 84.3 cm³/mol. The third-order valence-corrected chi connectivity index (χ3v) is 3.62. The van der Waals surface area contributed by atoms with Crippen molar-refractivity contribution in [3.05, 3.63) is 41.0 Å². The van der Waals surface area contributed by atoms with Crippen LogP contribution in [0.15, 0.2) is 24.3 Å². The summed E-state index contributed by atoms with van der Waals surface area (Å²) in [5.41, 5.74) is 2.33. The first kappa shape index (κ1) is 17.0. The molecule has 0 aliphatic rings. The number of aryl methyl sites for hydroxylation is 1. The van der Waals surface area contributed by atoms with Crippen molar-refractivity contribution in [1.82, 2.24) is 5.32 Å². The highest BCUT2D eigenvalue weighted by Gasteiger charge is 2.16. The van der Waals surface area contributed by atoms with Gasteiger partial charge in [-0.15, -0.1) is 0 Å². The summed E-state index contributed by atoms with van der Waals surface area (Å²) in [5.74, 6) is -1.09. The zero-order chi connectivity index (χ0) is 16.0. The molecule has 0 spiro atoms. The normalized spacial score (nSPS) is 11.6. The predicted octanol–water partition coefficient (Wildman–Crippen LogP) is 3.26. The number of benzene rings is 1. The van der Waals surface area contributed by atoms with E-state index in [0.717, 1.165) is 23.6 Å². The molecule has 21 heavy (non-hydrogen) atoms. The molecule has 0 heterocycles. The maximum absolute atomic E-state index is 12.1. The van der Waals surface area contributed by atoms with Crippen molar-refractivity contribution in [3.8, 4) is 0 Å². The van der Waals surface area contributed by atoms with Gasteiger partial charge >= 0.3 is 5.97 Å². The largest absolute Gasteiger partial charge is 0.478 e. The van der Waals surface area contributed by atoms with Gasteiger partial charge in [0.2, 0.25) is 0 Å². The monoisotopic (exact) mass is 289 g/mol. The highest BCUT2D eigenvalue weighted by Crippen LogP contribution is 2.18. The number of amides is 1. The number of aliphatic carboxylic acids is 1. The summed E-state index contributed by atoms with van der Waals surface area (Å²) in [4.78, 5) is 22.6. The molecular weight excluding hydrogens is 266 g/mol. The zero-order valence-corrected chi connectivity index (χ0v) is 13.1. The average molecular weight is 289 g/mol. The molecule has 0 unspecified atom stereocenters. The molecule has 0 bridgehead atoms. The van der Waals surface area contributed by atoms with Crippen LogP contribution in [0.25, 0.3) is 6.08 Å². The van der Waals surface area contributed by atoms with Crippen LogP contribution in [0.5, 0.6) is 0 Å². The number of hydrogen-bond donors (Lipinski definition) is 2. The summed E-state index contributed by atoms with van der Waals surface area (Å²) < 4.78 is 0. The average Bonchev–Trinajstić information content (AvgIpc) is 2.43. The molecule has 114 valence electrons. The summed E-state index contributed by atoms with van der Waals surface area (Å²) >= 11 is 0. The van der Waals surface area contributed by atoms with Gasteiger partial charge in [0.25, 0.3) is 5.91 Å². The molecule has 1 rings (SSSR count). The van der Waals surface area contributed by atoms with Gasteiger partial charge in [-0.3, -0.25) is 4.79 Å². The standard InChI is InChI=1S/C17H23NO3/c1-5-17(3,4)11-18-16(21)14-7-6-13(12(2)10-14)8-9-15(19)20/h6-10H,5,11H2,1-4H3,(H,18,21)(H,19,20)/b9-8+. The Labute approximate surface area is 125 Å². The van der Waals surface area contributed by atoms with Gasteiger partial charge in [-0.05, 0) is 48.1 Å². The van der Waals surface area contributed by atoms with Crippen LogP contribution < -0.4 is 5.32 Å². The van der Waals surface area contributed by atoms with Crippen molar-refractivity contribution >= 4 is 18.0 Å². The Kier molecular flexibility index (Phi) is 5.70. The molecule has 0 aliphatic heterocycles. The van der Waals surface area contributed by atoms with Gasteiger partial charge in [-0.25, -0.2) is 4.79 Å². The van der Waals surface area contributed by atoms with E-state index >= 15 is 0 Å². The van der Waals surface area contributed by atoms with Gasteiger partial charge in [0.1, 0.15) is 0 Å². The van der Waals surface area contributed by atoms with E-state index < -0.39 is 5.97 Å². The second-order valence-electron chi connectivity index (χ2n) is 5.94. The molecule has 1 aromatic carbocycles. The topological polar surface area (TPSA) is 66.4 Å². The number of carboxylic acids is 1. The molecule has 1 aromatic rings. The Bertz CT molecular complexity index is 559. The number of hydrogen-bond acceptors (Lipinski definition) is 2. The summed E-state index contributed by atoms with van der Waals surface area (Å²) in [6.45, 7) is 8.80. The van der Waals surface area contributed by atoms with Crippen LogP contribution >= 0.6 is 0 Å². The Hall–Kier alpha value is -2.10. The first-order valence-corrected chi connectivity index (χ1v) is 7.05. The minimum atomic E-state index is -0.988. The Morgan fingerprint density at radius 3 is 2.52 bits per heavy atom. The van der Waals surface area contributed by atoms with Crippen molar-refractivity contribution in [2.24, 2.45) is 5.41 Å². The van der Waals surface area contributed by atoms with Crippen LogP contribution in [0, 0.1) is 12.3 Å². The smallest absolute Gasteiger partial charge is 0.328 e. The quantitative estimate of drug-likeness (QED) is 0.790. The summed E-state index contributed by atoms with van der Waals surface area (Å²) in [6.07, 6.45) is 3.61. The van der Waals surface area contributed by atoms with Crippen LogP contribution in [0.3, 0.4) is 0 Å². The van der Waals surface area contributed by atoms with E-state index in [1.807, 2.05) is 6.92 Å². The number of rotatable bonds is 6. The first-order chi connectivity index (χ1) is 9.75. The van der Waals surface area contributed by atoms with Crippen molar-refractivity contribution in [1.29, 1.82) is 0 Å². The lowest BCUT2D eigenvalue weighted by molar-refractivity contribution is -0.131. The third-order valence-electron chi connectivity index (χ3n) is 3.62. The molecule has 4 heteroatoms. The molecular formula is C17H23NO3. The van der Waals surface area contributed by atoms with E-state index in [4.69, 9.17) is 5.11 Å². The van der Waals surface area contributed by atoms with E-state index in [1.54, 1.807) is 18.2 Å². The SMILES string of the molecule is CCC(C)(C)CNC(=O)c1ccc(/C=C/C(=O)O)c(C)c1. The molecule has 0 saturated heterocycles. The lowest BCUT2D eigenvalue weighted by Crippen LogP contribution is -2.33. The molecule has 0 aromatic heterocycles. The fourth-order valence-corrected chi connectivity index (χ4v) is 1.71. The molecule has 0 radical (unpaired) electrons. The van der Waals surface area contributed by atoms with Gasteiger partial charge < -0.3 is 10.4 Å². The summed E-state index contributed by atoms with van der Waals surface area (Å²) in [6, 6.07) is 5.24. The van der Waals surface area contributed by atoms with Gasteiger partial charge in [0.15, 0.2) is 0 Å². The zero-order valence-electron chi connectivity index (χ0n) is 13.1. The van der Waals surface area contributed by atoms with Crippen LogP contribution in [0.4, 0.5) is 0 Å². The van der Waals surface area contributed by atoms with E-state index in [-0.39, 0.29) is 11.3 Å². The van der Waals surface area contributed by atoms with E-state index in [9.17, 15) is 9.59 Å². The van der Waals surface area contributed by atoms with Crippen LogP contribution in [0.2, 0.25) is 0 Å². The number of carboxylic acid groups (broad SMARTS) is 1. The van der Waals surface area contributed by atoms with Crippen molar-refractivity contribution in [2.75, 3.05) is 6.54 Å². The first-order valence-electron chi connectivity index (χ1n) is 7.05. The minimum absolute atomic E-state index is 0.0782. The van der Waals surface area contributed by atoms with E-state index in [0.29, 0.717) is 12.1 Å². The number of nitrogens with one attached hydrogen (secondary N) is 1. The van der Waals surface area contributed by atoms with Gasteiger partial charge in [0.05, 0.1) is 0 Å². The van der Waals surface area contributed by atoms with Crippen LogP contribution in [-0.4, -0.2) is 23.5 Å². The Morgan fingerprint density at radius 1 is 1.33 bits per heavy atom. The fourth-order valence-electron chi connectivity index (χ4n) is 1.71. The lowest BCUT2D eigenvalue weighted by atomic mass is 9.90. The molecule has 0 aliphatic carbocycles. The van der Waals surface area contributed by atoms with Crippen molar-refractivity contribution in [2.45, 2.75) is 34.1 Å². The lowest BCUT2D eigenvalue weighted by Gasteiger charge is -2.22. The number of carbonyl (C=O) groups is 2. The molecule has 4 nitrogen and oxygen atoms in total. The Morgan fingerprint density at radius 2 is 2.00 bits per heavy atom. The summed E-state index contributed by atoms with van der Waals surface area (Å²) in [7, 11) is 0. The molecule has 0 saturated carbocycles.